The average Bonchev–Trinajstić information content (AvgIpc) is 2.85. The van der Waals surface area contributed by atoms with Crippen molar-refractivity contribution in [3.63, 3.8) is 0 Å². The summed E-state index contributed by atoms with van der Waals surface area (Å²) in [7, 11) is 3.65. The zero-order valence-electron chi connectivity index (χ0n) is 14.8. The van der Waals surface area contributed by atoms with Gasteiger partial charge in [-0.05, 0) is 50.9 Å². The van der Waals surface area contributed by atoms with Gasteiger partial charge in [-0.1, -0.05) is 0 Å². The number of hydrogen-bond acceptors (Lipinski definition) is 4. The number of H-pyrrole nitrogens is 1. The van der Waals surface area contributed by atoms with Crippen molar-refractivity contribution in [3.05, 3.63) is 27.2 Å². The van der Waals surface area contributed by atoms with Crippen LogP contribution in [0.1, 0.15) is 29.7 Å². The highest BCUT2D eigenvalue weighted by Crippen LogP contribution is 2.21. The molecule has 3 rings (SSSR count). The topological polar surface area (TPSA) is 83.0 Å². The predicted octanol–water partition coefficient (Wildman–Crippen LogP) is 0.631. The number of hydrogen-bond donors (Lipinski definition) is 2. The number of pyridine rings is 1. The van der Waals surface area contributed by atoms with Gasteiger partial charge >= 0.3 is 0 Å². The molecule has 1 aliphatic rings. The number of nitrogens with one attached hydrogen (secondary N) is 2. The van der Waals surface area contributed by atoms with Gasteiger partial charge in [-0.25, -0.2) is 4.98 Å². The third-order valence-electron chi connectivity index (χ3n) is 5.15. The van der Waals surface area contributed by atoms with Gasteiger partial charge in [-0.3, -0.25) is 19.4 Å². The van der Waals surface area contributed by atoms with Crippen molar-refractivity contribution in [2.75, 3.05) is 20.1 Å². The van der Waals surface area contributed by atoms with Crippen LogP contribution in [-0.4, -0.2) is 51.8 Å². The lowest BCUT2D eigenvalue weighted by Gasteiger charge is -2.32. The highest BCUT2D eigenvalue weighted by atomic mass is 16.2. The molecule has 1 amide bonds. The maximum Gasteiger partial charge on any atom is 0.273 e. The molecule has 0 unspecified atom stereocenters. The molecule has 1 fully saturated rings. The molecular formula is C17H25N5O2. The van der Waals surface area contributed by atoms with E-state index in [0.29, 0.717) is 11.0 Å². The van der Waals surface area contributed by atoms with E-state index in [2.05, 4.69) is 15.4 Å². The van der Waals surface area contributed by atoms with Gasteiger partial charge in [0.05, 0.1) is 11.8 Å². The molecule has 0 bridgehead atoms. The molecule has 2 aromatic heterocycles. The first-order valence-electron chi connectivity index (χ1n) is 8.41. The second kappa shape index (κ2) is 6.39. The Balaban J connectivity index is 1.90. The van der Waals surface area contributed by atoms with E-state index < -0.39 is 0 Å². The van der Waals surface area contributed by atoms with Crippen molar-refractivity contribution < 1.29 is 4.79 Å². The number of carbonyl (C=O) groups excluding carboxylic acids is 1. The zero-order chi connectivity index (χ0) is 17.4. The van der Waals surface area contributed by atoms with Crippen LogP contribution >= 0.6 is 0 Å². The second-order valence-corrected chi connectivity index (χ2v) is 6.66. The summed E-state index contributed by atoms with van der Waals surface area (Å²) in [5.74, 6) is 0.0848. The number of piperidine rings is 1. The van der Waals surface area contributed by atoms with Crippen molar-refractivity contribution >= 4 is 16.9 Å². The van der Waals surface area contributed by atoms with Crippen molar-refractivity contribution in [3.8, 4) is 0 Å². The molecule has 2 aromatic rings. The summed E-state index contributed by atoms with van der Waals surface area (Å²) in [5.41, 5.74) is 3.01. The van der Waals surface area contributed by atoms with Crippen LogP contribution in [0.4, 0.5) is 0 Å². The summed E-state index contributed by atoms with van der Waals surface area (Å²) in [6, 6.07) is 0.288. The molecule has 1 aliphatic heterocycles. The van der Waals surface area contributed by atoms with E-state index in [1.54, 1.807) is 11.7 Å². The first-order valence-corrected chi connectivity index (χ1v) is 8.41. The smallest absolute Gasteiger partial charge is 0.273 e. The zero-order valence-corrected chi connectivity index (χ0v) is 14.8. The molecule has 0 radical (unpaired) electrons. The molecule has 0 saturated carbocycles. The number of carbonyl (C=O) groups is 1. The van der Waals surface area contributed by atoms with Crippen molar-refractivity contribution in [1.29, 1.82) is 0 Å². The minimum Gasteiger partial charge on any atom is -0.342 e. The van der Waals surface area contributed by atoms with Gasteiger partial charge in [0, 0.05) is 25.8 Å². The predicted molar refractivity (Wildman–Crippen MR) is 93.2 cm³/mol. The SMILES string of the molecule is Cc1nc2c(c(C)c1CC(=O)N(C)C1CCNCC1)c(=O)[nH]n2C. The minimum absolute atomic E-state index is 0.0848. The van der Waals surface area contributed by atoms with Crippen LogP contribution in [0.15, 0.2) is 4.79 Å². The molecule has 7 heteroatoms. The Hall–Kier alpha value is -2.15. The van der Waals surface area contributed by atoms with Gasteiger partial charge in [0.15, 0.2) is 5.65 Å². The number of aromatic nitrogens is 3. The minimum atomic E-state index is -0.155. The molecule has 3 heterocycles. The highest BCUT2D eigenvalue weighted by molar-refractivity contribution is 5.84. The first kappa shape index (κ1) is 16.7. The van der Waals surface area contributed by atoms with Gasteiger partial charge in [-0.15, -0.1) is 0 Å². The van der Waals surface area contributed by atoms with E-state index in [-0.39, 0.29) is 23.9 Å². The average molecular weight is 331 g/mol. The molecule has 0 aromatic carbocycles. The number of rotatable bonds is 3. The van der Waals surface area contributed by atoms with Gasteiger partial charge in [0.2, 0.25) is 5.91 Å². The van der Waals surface area contributed by atoms with Crippen molar-refractivity contribution in [1.82, 2.24) is 25.0 Å². The second-order valence-electron chi connectivity index (χ2n) is 6.66. The monoisotopic (exact) mass is 331 g/mol. The lowest BCUT2D eigenvalue weighted by molar-refractivity contribution is -0.131. The number of amides is 1. The van der Waals surface area contributed by atoms with Crippen LogP contribution in [-0.2, 0) is 18.3 Å². The van der Waals surface area contributed by atoms with E-state index in [1.165, 1.54) is 0 Å². The largest absolute Gasteiger partial charge is 0.342 e. The maximum absolute atomic E-state index is 12.7. The maximum atomic E-state index is 12.7. The fourth-order valence-corrected chi connectivity index (χ4v) is 3.58. The summed E-state index contributed by atoms with van der Waals surface area (Å²) in [4.78, 5) is 31.3. The summed E-state index contributed by atoms with van der Waals surface area (Å²) < 4.78 is 1.63. The summed E-state index contributed by atoms with van der Waals surface area (Å²) >= 11 is 0. The lowest BCUT2D eigenvalue weighted by Crippen LogP contribution is -2.44. The summed E-state index contributed by atoms with van der Waals surface area (Å²) in [6.07, 6.45) is 2.25. The van der Waals surface area contributed by atoms with E-state index >= 15 is 0 Å². The van der Waals surface area contributed by atoms with Gasteiger partial charge < -0.3 is 10.2 Å². The first-order chi connectivity index (χ1) is 11.4. The lowest BCUT2D eigenvalue weighted by atomic mass is 10.00. The Bertz CT molecular complexity index is 830. The van der Waals surface area contributed by atoms with E-state index in [0.717, 1.165) is 42.8 Å². The van der Waals surface area contributed by atoms with E-state index in [9.17, 15) is 9.59 Å². The Morgan fingerprint density at radius 1 is 1.33 bits per heavy atom. The van der Waals surface area contributed by atoms with Crippen LogP contribution < -0.4 is 10.9 Å². The molecule has 1 saturated heterocycles. The van der Waals surface area contributed by atoms with Gasteiger partial charge in [0.1, 0.15) is 0 Å². The van der Waals surface area contributed by atoms with E-state index in [4.69, 9.17) is 0 Å². The van der Waals surface area contributed by atoms with Crippen LogP contribution in [0.5, 0.6) is 0 Å². The molecular weight excluding hydrogens is 306 g/mol. The molecule has 24 heavy (non-hydrogen) atoms. The third-order valence-corrected chi connectivity index (χ3v) is 5.15. The normalized spacial score (nSPS) is 15.8. The number of fused-ring (bicyclic) bond motifs is 1. The Kier molecular flexibility index (Phi) is 4.45. The third kappa shape index (κ3) is 2.84. The number of aryl methyl sites for hydroxylation is 3. The van der Waals surface area contributed by atoms with Crippen LogP contribution in [0.2, 0.25) is 0 Å². The Morgan fingerprint density at radius 2 is 2.00 bits per heavy atom. The van der Waals surface area contributed by atoms with E-state index in [1.807, 2.05) is 25.8 Å². The standard InChI is InChI=1S/C17H25N5O2/c1-10-13(9-14(23)21(3)12-5-7-18-8-6-12)11(2)19-16-15(10)17(24)20-22(16)4/h12,18H,5-9H2,1-4H3,(H,20,24). The number of aromatic amines is 1. The molecule has 0 aliphatic carbocycles. The fourth-order valence-electron chi connectivity index (χ4n) is 3.58. The van der Waals surface area contributed by atoms with Gasteiger partial charge in [0.25, 0.3) is 5.56 Å². The van der Waals surface area contributed by atoms with Crippen LogP contribution in [0.3, 0.4) is 0 Å². The summed E-state index contributed by atoms with van der Waals surface area (Å²) in [5, 5.41) is 6.63. The highest BCUT2D eigenvalue weighted by Gasteiger charge is 2.24. The number of likely N-dealkylation sites (N-methyl/N-ethyl adjacent to an activating group) is 1. The summed E-state index contributed by atoms with van der Waals surface area (Å²) in [6.45, 7) is 5.71. The number of nitrogens with zero attached hydrogens (tertiary/aromatic N) is 3. The van der Waals surface area contributed by atoms with Crippen LogP contribution in [0, 0.1) is 13.8 Å². The Morgan fingerprint density at radius 3 is 2.67 bits per heavy atom. The molecule has 7 nitrogen and oxygen atoms in total. The molecule has 2 N–H and O–H groups in total. The van der Waals surface area contributed by atoms with Gasteiger partial charge in [-0.2, -0.15) is 0 Å². The molecule has 0 atom stereocenters. The van der Waals surface area contributed by atoms with Crippen LogP contribution in [0.25, 0.3) is 11.0 Å². The van der Waals surface area contributed by atoms with Crippen molar-refractivity contribution in [2.45, 2.75) is 39.2 Å². The quantitative estimate of drug-likeness (QED) is 0.864. The van der Waals surface area contributed by atoms with Crippen molar-refractivity contribution in [2.24, 2.45) is 7.05 Å². The molecule has 0 spiro atoms. The molecule has 130 valence electrons. The fraction of sp³-hybridized carbons (Fsp3) is 0.588. The Labute approximate surface area is 141 Å².